The second-order valence-corrected chi connectivity index (χ2v) is 6.88. The Hall–Kier alpha value is -1.85. The van der Waals surface area contributed by atoms with Crippen molar-refractivity contribution in [3.05, 3.63) is 52.2 Å². The standard InChI is InChI=1S/C19H24N2O2S/c22-19-18(6-1-2-9-20-19)21-13-16-4-3-5-17(12-16)23-10-7-15-8-11-24-14-15/h3-5,8,11-12,14,18,21H,1-2,6-7,9-10,13H2,(H,20,22)/t18-/m0/s1. The van der Waals surface area contributed by atoms with Crippen LogP contribution in [0, 0.1) is 0 Å². The number of hydrogen-bond donors (Lipinski definition) is 2. The Labute approximate surface area is 147 Å². The van der Waals surface area contributed by atoms with Crippen molar-refractivity contribution >= 4 is 17.2 Å². The third-order valence-electron chi connectivity index (χ3n) is 4.23. The zero-order chi connectivity index (χ0) is 16.6. The molecule has 2 heterocycles. The Bertz CT molecular complexity index is 643. The van der Waals surface area contributed by atoms with Gasteiger partial charge in [-0.3, -0.25) is 4.79 Å². The van der Waals surface area contributed by atoms with Gasteiger partial charge in [0, 0.05) is 19.5 Å². The van der Waals surface area contributed by atoms with Gasteiger partial charge >= 0.3 is 0 Å². The number of carbonyl (C=O) groups excluding carboxylic acids is 1. The van der Waals surface area contributed by atoms with Gasteiger partial charge in [-0.05, 0) is 59.3 Å². The topological polar surface area (TPSA) is 50.4 Å². The highest BCUT2D eigenvalue weighted by molar-refractivity contribution is 7.07. The molecule has 1 atom stereocenters. The van der Waals surface area contributed by atoms with Crippen LogP contribution in [0.25, 0.3) is 0 Å². The second kappa shape index (κ2) is 8.85. The molecule has 0 bridgehead atoms. The molecule has 24 heavy (non-hydrogen) atoms. The van der Waals surface area contributed by atoms with E-state index in [1.165, 1.54) is 5.56 Å². The molecule has 1 aromatic heterocycles. The minimum absolute atomic E-state index is 0.0873. The number of benzene rings is 1. The van der Waals surface area contributed by atoms with Gasteiger partial charge in [-0.15, -0.1) is 0 Å². The molecule has 128 valence electrons. The average molecular weight is 344 g/mol. The number of amides is 1. The van der Waals surface area contributed by atoms with Gasteiger partial charge in [0.05, 0.1) is 12.6 Å². The van der Waals surface area contributed by atoms with Crippen LogP contribution >= 0.6 is 11.3 Å². The van der Waals surface area contributed by atoms with Crippen LogP contribution in [0.3, 0.4) is 0 Å². The number of rotatable bonds is 7. The molecule has 4 nitrogen and oxygen atoms in total. The molecular formula is C19H24N2O2S. The quantitative estimate of drug-likeness (QED) is 0.811. The molecule has 1 aromatic carbocycles. The number of carbonyl (C=O) groups is 1. The van der Waals surface area contributed by atoms with Crippen LogP contribution in [0.2, 0.25) is 0 Å². The van der Waals surface area contributed by atoms with Crippen molar-refractivity contribution in [1.29, 1.82) is 0 Å². The van der Waals surface area contributed by atoms with E-state index in [2.05, 4.69) is 39.6 Å². The van der Waals surface area contributed by atoms with E-state index in [0.717, 1.165) is 43.5 Å². The van der Waals surface area contributed by atoms with Crippen LogP contribution < -0.4 is 15.4 Å². The van der Waals surface area contributed by atoms with E-state index >= 15 is 0 Å². The number of hydrogen-bond acceptors (Lipinski definition) is 4. The van der Waals surface area contributed by atoms with E-state index < -0.39 is 0 Å². The summed E-state index contributed by atoms with van der Waals surface area (Å²) in [6.07, 6.45) is 3.98. The third kappa shape index (κ3) is 5.08. The van der Waals surface area contributed by atoms with Gasteiger partial charge in [-0.1, -0.05) is 12.1 Å². The van der Waals surface area contributed by atoms with E-state index in [9.17, 15) is 4.79 Å². The van der Waals surface area contributed by atoms with Crippen molar-refractivity contribution in [2.75, 3.05) is 13.2 Å². The highest BCUT2D eigenvalue weighted by Crippen LogP contribution is 2.15. The molecule has 2 N–H and O–H groups in total. The maximum Gasteiger partial charge on any atom is 0.237 e. The number of nitrogens with one attached hydrogen (secondary N) is 2. The van der Waals surface area contributed by atoms with Gasteiger partial charge in [0.25, 0.3) is 0 Å². The molecule has 1 saturated heterocycles. The van der Waals surface area contributed by atoms with Crippen LogP contribution in [-0.2, 0) is 17.8 Å². The minimum Gasteiger partial charge on any atom is -0.493 e. The lowest BCUT2D eigenvalue weighted by Crippen LogP contribution is -2.42. The first-order chi connectivity index (χ1) is 11.8. The fourth-order valence-corrected chi connectivity index (χ4v) is 3.55. The van der Waals surface area contributed by atoms with Crippen molar-refractivity contribution in [2.45, 2.75) is 38.3 Å². The Morgan fingerprint density at radius 1 is 1.25 bits per heavy atom. The van der Waals surface area contributed by atoms with Crippen LogP contribution in [0.5, 0.6) is 5.75 Å². The number of thiophene rings is 1. The van der Waals surface area contributed by atoms with Gasteiger partial charge in [0.15, 0.2) is 0 Å². The summed E-state index contributed by atoms with van der Waals surface area (Å²) in [6.45, 7) is 2.16. The first-order valence-corrected chi connectivity index (χ1v) is 9.49. The Kier molecular flexibility index (Phi) is 6.26. The fraction of sp³-hybridized carbons (Fsp3) is 0.421. The van der Waals surface area contributed by atoms with Gasteiger partial charge in [-0.25, -0.2) is 0 Å². The van der Waals surface area contributed by atoms with E-state index in [-0.39, 0.29) is 11.9 Å². The van der Waals surface area contributed by atoms with Crippen LogP contribution in [0.15, 0.2) is 41.1 Å². The zero-order valence-electron chi connectivity index (χ0n) is 13.8. The molecule has 2 aromatic rings. The summed E-state index contributed by atoms with van der Waals surface area (Å²) in [4.78, 5) is 12.0. The smallest absolute Gasteiger partial charge is 0.237 e. The fourth-order valence-electron chi connectivity index (χ4n) is 2.84. The van der Waals surface area contributed by atoms with Crippen molar-refractivity contribution in [2.24, 2.45) is 0 Å². The highest BCUT2D eigenvalue weighted by Gasteiger charge is 2.19. The average Bonchev–Trinajstić information content (AvgIpc) is 3.02. The molecule has 1 aliphatic rings. The molecule has 0 unspecified atom stereocenters. The third-order valence-corrected chi connectivity index (χ3v) is 4.96. The Morgan fingerprint density at radius 2 is 2.21 bits per heavy atom. The molecule has 1 fully saturated rings. The summed E-state index contributed by atoms with van der Waals surface area (Å²) in [7, 11) is 0. The minimum atomic E-state index is -0.0873. The SMILES string of the molecule is O=C1NCCCC[C@@H]1NCc1cccc(OCCc2ccsc2)c1. The van der Waals surface area contributed by atoms with Gasteiger partial charge in [0.1, 0.15) is 5.75 Å². The predicted molar refractivity (Wildman–Crippen MR) is 97.4 cm³/mol. The summed E-state index contributed by atoms with van der Waals surface area (Å²) in [6, 6.07) is 10.1. The molecule has 5 heteroatoms. The molecule has 1 aliphatic heterocycles. The summed E-state index contributed by atoms with van der Waals surface area (Å²) in [5, 5.41) is 10.6. The Balaban J connectivity index is 1.48. The van der Waals surface area contributed by atoms with Crippen molar-refractivity contribution in [3.63, 3.8) is 0 Å². The molecular weight excluding hydrogens is 320 g/mol. The predicted octanol–water partition coefficient (Wildman–Crippen LogP) is 3.13. The van der Waals surface area contributed by atoms with Gasteiger partial charge < -0.3 is 15.4 Å². The van der Waals surface area contributed by atoms with Crippen LogP contribution in [0.4, 0.5) is 0 Å². The lowest BCUT2D eigenvalue weighted by molar-refractivity contribution is -0.122. The lowest BCUT2D eigenvalue weighted by atomic mass is 10.1. The molecule has 0 radical (unpaired) electrons. The lowest BCUT2D eigenvalue weighted by Gasteiger charge is -2.15. The molecule has 3 rings (SSSR count). The molecule has 0 aliphatic carbocycles. The zero-order valence-corrected chi connectivity index (χ0v) is 14.6. The first kappa shape index (κ1) is 17.0. The largest absolute Gasteiger partial charge is 0.493 e. The Morgan fingerprint density at radius 3 is 3.08 bits per heavy atom. The molecule has 0 spiro atoms. The summed E-state index contributed by atoms with van der Waals surface area (Å²) < 4.78 is 5.85. The summed E-state index contributed by atoms with van der Waals surface area (Å²) >= 11 is 1.71. The van der Waals surface area contributed by atoms with Gasteiger partial charge in [0.2, 0.25) is 5.91 Å². The van der Waals surface area contributed by atoms with Crippen molar-refractivity contribution in [3.8, 4) is 5.75 Å². The maximum atomic E-state index is 12.0. The second-order valence-electron chi connectivity index (χ2n) is 6.10. The normalized spacial score (nSPS) is 18.0. The summed E-state index contributed by atoms with van der Waals surface area (Å²) in [5.74, 6) is 1.01. The van der Waals surface area contributed by atoms with Crippen LogP contribution in [0.1, 0.15) is 30.4 Å². The van der Waals surface area contributed by atoms with Crippen molar-refractivity contribution in [1.82, 2.24) is 10.6 Å². The van der Waals surface area contributed by atoms with Gasteiger partial charge in [-0.2, -0.15) is 11.3 Å². The number of ether oxygens (including phenoxy) is 1. The monoisotopic (exact) mass is 344 g/mol. The molecule has 1 amide bonds. The van der Waals surface area contributed by atoms with Crippen LogP contribution in [-0.4, -0.2) is 25.1 Å². The van der Waals surface area contributed by atoms with E-state index in [4.69, 9.17) is 4.74 Å². The van der Waals surface area contributed by atoms with E-state index in [0.29, 0.717) is 13.2 Å². The van der Waals surface area contributed by atoms with E-state index in [1.807, 2.05) is 12.1 Å². The molecule has 0 saturated carbocycles. The van der Waals surface area contributed by atoms with Crippen molar-refractivity contribution < 1.29 is 9.53 Å². The maximum absolute atomic E-state index is 12.0. The van der Waals surface area contributed by atoms with E-state index in [1.54, 1.807) is 11.3 Å². The summed E-state index contributed by atoms with van der Waals surface area (Å²) in [5.41, 5.74) is 2.46. The first-order valence-electron chi connectivity index (χ1n) is 8.55. The highest BCUT2D eigenvalue weighted by atomic mass is 32.1.